The highest BCUT2D eigenvalue weighted by Crippen LogP contribution is 2.29. The SMILES string of the molecule is Cc1nc(COc2ccccc2C=CC(=O)N2CCC3(CC2)NC(=O)N(C)C3=O)cs1. The molecule has 4 rings (SSSR count). The Morgan fingerprint density at radius 3 is 2.68 bits per heavy atom. The molecule has 4 amide bonds. The van der Waals surface area contributed by atoms with Crippen LogP contribution in [0.15, 0.2) is 35.7 Å². The van der Waals surface area contributed by atoms with Crippen molar-refractivity contribution < 1.29 is 19.1 Å². The first-order valence-electron chi connectivity index (χ1n) is 10.1. The smallest absolute Gasteiger partial charge is 0.324 e. The molecule has 2 fully saturated rings. The molecule has 0 saturated carbocycles. The second-order valence-electron chi connectivity index (χ2n) is 7.72. The third-order valence-corrected chi connectivity index (χ3v) is 6.48. The van der Waals surface area contributed by atoms with Crippen molar-refractivity contribution >= 4 is 35.3 Å². The number of urea groups is 1. The number of imide groups is 1. The number of likely N-dealkylation sites (N-methyl/N-ethyl adjacent to an activating group) is 1. The van der Waals surface area contributed by atoms with Crippen molar-refractivity contribution in [1.29, 1.82) is 0 Å². The van der Waals surface area contributed by atoms with Gasteiger partial charge in [0.25, 0.3) is 5.91 Å². The van der Waals surface area contributed by atoms with Crippen molar-refractivity contribution in [3.05, 3.63) is 52.0 Å². The van der Waals surface area contributed by atoms with Crippen molar-refractivity contribution in [2.45, 2.75) is 31.9 Å². The zero-order chi connectivity index (χ0) is 22.0. The maximum Gasteiger partial charge on any atom is 0.324 e. The number of amides is 4. The second-order valence-corrected chi connectivity index (χ2v) is 8.78. The molecule has 1 aromatic carbocycles. The van der Waals surface area contributed by atoms with Crippen molar-refractivity contribution in [2.24, 2.45) is 0 Å². The van der Waals surface area contributed by atoms with Crippen molar-refractivity contribution in [2.75, 3.05) is 20.1 Å². The number of likely N-dealkylation sites (tertiary alicyclic amines) is 1. The number of aromatic nitrogens is 1. The lowest BCUT2D eigenvalue weighted by Crippen LogP contribution is -2.55. The standard InChI is InChI=1S/C22H24N4O4S/c1-15-23-17(14-31-15)13-30-18-6-4-3-5-16(18)7-8-19(27)26-11-9-22(10-12-26)20(28)25(2)21(29)24-22/h3-8,14H,9-13H2,1-2H3,(H,24,29). The van der Waals surface area contributed by atoms with E-state index in [1.54, 1.807) is 22.3 Å². The van der Waals surface area contributed by atoms with Gasteiger partial charge in [0.1, 0.15) is 17.9 Å². The molecule has 1 aromatic heterocycles. The van der Waals surface area contributed by atoms with Crippen molar-refractivity contribution in [3.63, 3.8) is 0 Å². The van der Waals surface area contributed by atoms with E-state index in [1.165, 1.54) is 13.1 Å². The fraction of sp³-hybridized carbons (Fsp3) is 0.364. The molecule has 0 aliphatic carbocycles. The molecule has 162 valence electrons. The average Bonchev–Trinajstić information content (AvgIpc) is 3.28. The zero-order valence-electron chi connectivity index (χ0n) is 17.5. The van der Waals surface area contributed by atoms with E-state index < -0.39 is 5.54 Å². The Balaban J connectivity index is 1.37. The average molecular weight is 441 g/mol. The fourth-order valence-corrected chi connectivity index (χ4v) is 4.44. The molecule has 1 N–H and O–H groups in total. The maximum absolute atomic E-state index is 12.7. The summed E-state index contributed by atoms with van der Waals surface area (Å²) < 4.78 is 5.90. The summed E-state index contributed by atoms with van der Waals surface area (Å²) in [5.74, 6) is 0.323. The van der Waals surface area contributed by atoms with Crippen LogP contribution in [0.2, 0.25) is 0 Å². The van der Waals surface area contributed by atoms with Crippen molar-refractivity contribution in [3.8, 4) is 5.75 Å². The van der Waals surface area contributed by atoms with E-state index >= 15 is 0 Å². The van der Waals surface area contributed by atoms with Crippen LogP contribution in [0, 0.1) is 6.92 Å². The topological polar surface area (TPSA) is 91.8 Å². The van der Waals surface area contributed by atoms with Crippen LogP contribution >= 0.6 is 11.3 Å². The summed E-state index contributed by atoms with van der Waals surface area (Å²) in [6, 6.07) is 7.14. The van der Waals surface area contributed by atoms with Gasteiger partial charge in [-0.1, -0.05) is 18.2 Å². The van der Waals surface area contributed by atoms with E-state index in [-0.39, 0.29) is 17.8 Å². The Bertz CT molecular complexity index is 1040. The molecule has 0 bridgehead atoms. The van der Waals surface area contributed by atoms with E-state index in [1.807, 2.05) is 36.6 Å². The fourth-order valence-electron chi connectivity index (χ4n) is 3.85. The van der Waals surface area contributed by atoms with Crippen LogP contribution in [0.1, 0.15) is 29.1 Å². The number of benzene rings is 1. The van der Waals surface area contributed by atoms with Gasteiger partial charge >= 0.3 is 6.03 Å². The molecule has 2 aliphatic heterocycles. The summed E-state index contributed by atoms with van der Waals surface area (Å²) in [4.78, 5) is 44.1. The normalized spacial score (nSPS) is 18.1. The maximum atomic E-state index is 12.7. The lowest BCUT2D eigenvalue weighted by atomic mass is 9.87. The van der Waals surface area contributed by atoms with Crippen LogP contribution in [-0.4, -0.2) is 58.3 Å². The second kappa shape index (κ2) is 8.50. The molecule has 9 heteroatoms. The van der Waals surface area contributed by atoms with Gasteiger partial charge in [0, 0.05) is 37.2 Å². The van der Waals surface area contributed by atoms with Crippen LogP contribution in [-0.2, 0) is 16.2 Å². The zero-order valence-corrected chi connectivity index (χ0v) is 18.3. The summed E-state index contributed by atoms with van der Waals surface area (Å²) in [5, 5.41) is 5.74. The van der Waals surface area contributed by atoms with E-state index in [0.29, 0.717) is 38.3 Å². The summed E-state index contributed by atoms with van der Waals surface area (Å²) in [6.07, 6.45) is 4.08. The highest BCUT2D eigenvalue weighted by molar-refractivity contribution is 7.09. The Morgan fingerprint density at radius 1 is 1.29 bits per heavy atom. The van der Waals surface area contributed by atoms with Crippen LogP contribution in [0.3, 0.4) is 0 Å². The third-order valence-electron chi connectivity index (χ3n) is 5.66. The minimum Gasteiger partial charge on any atom is -0.487 e. The molecular formula is C22H24N4O4S. The number of para-hydroxylation sites is 1. The van der Waals surface area contributed by atoms with E-state index in [2.05, 4.69) is 10.3 Å². The molecule has 8 nitrogen and oxygen atoms in total. The largest absolute Gasteiger partial charge is 0.487 e. The predicted octanol–water partition coefficient (Wildman–Crippen LogP) is 2.59. The Kier molecular flexibility index (Phi) is 5.77. The number of nitrogens with zero attached hydrogens (tertiary/aromatic N) is 3. The van der Waals surface area contributed by atoms with Crippen LogP contribution in [0.25, 0.3) is 6.08 Å². The molecule has 2 aromatic rings. The van der Waals surface area contributed by atoms with Gasteiger partial charge in [0.15, 0.2) is 0 Å². The van der Waals surface area contributed by atoms with Crippen LogP contribution in [0.5, 0.6) is 5.75 Å². The quantitative estimate of drug-likeness (QED) is 0.570. The summed E-state index contributed by atoms with van der Waals surface area (Å²) in [5.41, 5.74) is 0.802. The summed E-state index contributed by atoms with van der Waals surface area (Å²) in [7, 11) is 1.47. The highest BCUT2D eigenvalue weighted by atomic mass is 32.1. The van der Waals surface area contributed by atoms with Crippen LogP contribution < -0.4 is 10.1 Å². The highest BCUT2D eigenvalue weighted by Gasteiger charge is 2.51. The molecular weight excluding hydrogens is 416 g/mol. The van der Waals surface area contributed by atoms with Gasteiger partial charge in [0.05, 0.1) is 10.7 Å². The van der Waals surface area contributed by atoms with Gasteiger partial charge in [-0.15, -0.1) is 11.3 Å². The van der Waals surface area contributed by atoms with E-state index in [9.17, 15) is 14.4 Å². The lowest BCUT2D eigenvalue weighted by Gasteiger charge is -2.36. The number of rotatable bonds is 5. The first-order chi connectivity index (χ1) is 14.9. The molecule has 3 heterocycles. The third kappa shape index (κ3) is 4.32. The van der Waals surface area contributed by atoms with Gasteiger partial charge in [-0.05, 0) is 31.9 Å². The van der Waals surface area contributed by atoms with Gasteiger partial charge in [-0.3, -0.25) is 14.5 Å². The number of hydrogen-bond acceptors (Lipinski definition) is 6. The first-order valence-corrected chi connectivity index (χ1v) is 11.0. The first kappa shape index (κ1) is 21.0. The molecule has 2 saturated heterocycles. The van der Waals surface area contributed by atoms with Gasteiger partial charge in [-0.2, -0.15) is 0 Å². The number of aryl methyl sites for hydroxylation is 1. The molecule has 1 spiro atoms. The van der Waals surface area contributed by atoms with Gasteiger partial charge in [0.2, 0.25) is 5.91 Å². The van der Waals surface area contributed by atoms with Gasteiger partial charge in [-0.25, -0.2) is 9.78 Å². The number of carbonyl (C=O) groups is 3. The minimum atomic E-state index is -0.874. The summed E-state index contributed by atoms with van der Waals surface area (Å²) in [6.45, 7) is 3.13. The monoisotopic (exact) mass is 440 g/mol. The van der Waals surface area contributed by atoms with E-state index in [4.69, 9.17) is 4.74 Å². The van der Waals surface area contributed by atoms with Crippen molar-refractivity contribution in [1.82, 2.24) is 20.1 Å². The number of carbonyl (C=O) groups excluding carboxylic acids is 3. The van der Waals surface area contributed by atoms with Crippen LogP contribution in [0.4, 0.5) is 4.79 Å². The Morgan fingerprint density at radius 2 is 2.03 bits per heavy atom. The Labute approximate surface area is 184 Å². The van der Waals surface area contributed by atoms with E-state index in [0.717, 1.165) is 21.2 Å². The number of nitrogens with one attached hydrogen (secondary N) is 1. The predicted molar refractivity (Wildman–Crippen MR) is 117 cm³/mol. The molecule has 2 aliphatic rings. The molecule has 31 heavy (non-hydrogen) atoms. The van der Waals surface area contributed by atoms with Gasteiger partial charge < -0.3 is 15.0 Å². The minimum absolute atomic E-state index is 0.134. The molecule has 0 unspecified atom stereocenters. The lowest BCUT2D eigenvalue weighted by molar-refractivity contribution is -0.135. The molecule has 0 atom stereocenters. The number of thiazole rings is 1. The molecule has 0 radical (unpaired) electrons. The number of piperidine rings is 1. The Hall–Kier alpha value is -3.20. The number of ether oxygens (including phenoxy) is 1. The number of hydrogen-bond donors (Lipinski definition) is 1. The summed E-state index contributed by atoms with van der Waals surface area (Å²) >= 11 is 1.58.